The van der Waals surface area contributed by atoms with E-state index < -0.39 is 10.0 Å². The van der Waals surface area contributed by atoms with Crippen LogP contribution in [0.5, 0.6) is 0 Å². The Bertz CT molecular complexity index is 1110. The number of fused-ring (bicyclic) bond motifs is 1. The molecule has 0 fully saturated rings. The van der Waals surface area contributed by atoms with E-state index in [0.29, 0.717) is 11.1 Å². The van der Waals surface area contributed by atoms with Gasteiger partial charge in [0.25, 0.3) is 0 Å². The number of sulfonamides is 1. The molecule has 0 atom stereocenters. The summed E-state index contributed by atoms with van der Waals surface area (Å²) in [6.45, 7) is -0.143. The number of likely N-dealkylation sites (N-methyl/N-ethyl adjacent to an activating group) is 1. The number of carbonyl (C=O) groups is 1. The van der Waals surface area contributed by atoms with Gasteiger partial charge in [-0.3, -0.25) is 9.78 Å². The number of hydrogen-bond donors (Lipinski definition) is 1. The lowest BCUT2D eigenvalue weighted by molar-refractivity contribution is -0.117. The van der Waals surface area contributed by atoms with Crippen LogP contribution in [0.25, 0.3) is 11.5 Å². The van der Waals surface area contributed by atoms with E-state index in [4.69, 9.17) is 4.42 Å². The SMILES string of the molecule is CN1C(=O)Cc2cc(S(=O)(=O)NCc3nnc(-c4ccncc4)o3)ccc21. The van der Waals surface area contributed by atoms with Gasteiger partial charge in [-0.1, -0.05) is 0 Å². The number of aromatic nitrogens is 3. The average molecular weight is 385 g/mol. The van der Waals surface area contributed by atoms with Crippen LogP contribution in [0.2, 0.25) is 0 Å². The first kappa shape index (κ1) is 17.3. The predicted octanol–water partition coefficient (Wildman–Crippen LogP) is 1.13. The molecule has 27 heavy (non-hydrogen) atoms. The van der Waals surface area contributed by atoms with Crippen LogP contribution >= 0.6 is 0 Å². The highest BCUT2D eigenvalue weighted by Gasteiger charge is 2.26. The smallest absolute Gasteiger partial charge is 0.247 e. The Morgan fingerprint density at radius 2 is 1.96 bits per heavy atom. The minimum absolute atomic E-state index is 0.0676. The summed E-state index contributed by atoms with van der Waals surface area (Å²) in [4.78, 5) is 17.3. The number of carbonyl (C=O) groups excluding carboxylic acids is 1. The van der Waals surface area contributed by atoms with Gasteiger partial charge in [0.2, 0.25) is 27.7 Å². The first-order chi connectivity index (χ1) is 12.9. The first-order valence-corrected chi connectivity index (χ1v) is 9.54. The Kier molecular flexibility index (Phi) is 4.21. The third-order valence-corrected chi connectivity index (χ3v) is 5.64. The van der Waals surface area contributed by atoms with Gasteiger partial charge in [0.15, 0.2) is 0 Å². The van der Waals surface area contributed by atoms with E-state index in [0.717, 1.165) is 5.69 Å². The van der Waals surface area contributed by atoms with Crippen LogP contribution in [0.4, 0.5) is 5.69 Å². The molecule has 9 nitrogen and oxygen atoms in total. The van der Waals surface area contributed by atoms with Gasteiger partial charge in [-0.25, -0.2) is 13.1 Å². The van der Waals surface area contributed by atoms with Crippen molar-refractivity contribution in [1.82, 2.24) is 19.9 Å². The van der Waals surface area contributed by atoms with Crippen molar-refractivity contribution in [3.05, 3.63) is 54.2 Å². The molecule has 2 aromatic heterocycles. The zero-order chi connectivity index (χ0) is 19.0. The van der Waals surface area contributed by atoms with E-state index in [2.05, 4.69) is 19.9 Å². The molecule has 138 valence electrons. The maximum atomic E-state index is 12.5. The van der Waals surface area contributed by atoms with Crippen molar-refractivity contribution >= 4 is 21.6 Å². The van der Waals surface area contributed by atoms with Crippen molar-refractivity contribution in [1.29, 1.82) is 0 Å². The fourth-order valence-corrected chi connectivity index (χ4v) is 3.81. The van der Waals surface area contributed by atoms with Gasteiger partial charge in [-0.2, -0.15) is 0 Å². The van der Waals surface area contributed by atoms with Gasteiger partial charge >= 0.3 is 0 Å². The summed E-state index contributed by atoms with van der Waals surface area (Å²) in [7, 11) is -2.12. The fourth-order valence-electron chi connectivity index (χ4n) is 2.79. The Balaban J connectivity index is 1.49. The lowest BCUT2D eigenvalue weighted by Gasteiger charge is -2.11. The lowest BCUT2D eigenvalue weighted by Crippen LogP contribution is -2.23. The summed E-state index contributed by atoms with van der Waals surface area (Å²) >= 11 is 0. The summed E-state index contributed by atoms with van der Waals surface area (Å²) in [5.41, 5.74) is 2.10. The summed E-state index contributed by atoms with van der Waals surface area (Å²) < 4.78 is 33.0. The Morgan fingerprint density at radius 3 is 2.74 bits per heavy atom. The van der Waals surface area contributed by atoms with Crippen LogP contribution in [-0.2, 0) is 27.8 Å². The summed E-state index contributed by atoms with van der Waals surface area (Å²) in [6, 6.07) is 8.03. The van der Waals surface area contributed by atoms with Crippen LogP contribution in [0.15, 0.2) is 52.0 Å². The van der Waals surface area contributed by atoms with Crippen LogP contribution < -0.4 is 9.62 Å². The Hall–Kier alpha value is -3.11. The molecule has 3 heterocycles. The van der Waals surface area contributed by atoms with Crippen LogP contribution in [-0.4, -0.2) is 36.6 Å². The third-order valence-electron chi connectivity index (χ3n) is 4.25. The second kappa shape index (κ2) is 6.56. The summed E-state index contributed by atoms with van der Waals surface area (Å²) in [5, 5.41) is 7.75. The molecule has 0 aliphatic carbocycles. The highest BCUT2D eigenvalue weighted by Crippen LogP contribution is 2.29. The van der Waals surface area contributed by atoms with E-state index in [-0.39, 0.29) is 35.5 Å². The minimum Gasteiger partial charge on any atom is -0.419 e. The number of rotatable bonds is 5. The molecule has 0 spiro atoms. The molecule has 0 unspecified atom stereocenters. The molecule has 1 N–H and O–H groups in total. The molecule has 0 saturated heterocycles. The zero-order valence-corrected chi connectivity index (χ0v) is 15.1. The second-order valence-corrected chi connectivity index (χ2v) is 7.75. The molecule has 0 radical (unpaired) electrons. The minimum atomic E-state index is -3.79. The van der Waals surface area contributed by atoms with E-state index >= 15 is 0 Å². The maximum Gasteiger partial charge on any atom is 0.247 e. The molecule has 0 bridgehead atoms. The van der Waals surface area contributed by atoms with E-state index in [1.54, 1.807) is 37.6 Å². The van der Waals surface area contributed by atoms with E-state index in [1.807, 2.05) is 0 Å². The summed E-state index contributed by atoms with van der Waals surface area (Å²) in [6.07, 6.45) is 3.38. The van der Waals surface area contributed by atoms with Crippen LogP contribution in [0, 0.1) is 0 Å². The molecular formula is C17H15N5O4S. The molecule has 10 heteroatoms. The maximum absolute atomic E-state index is 12.5. The first-order valence-electron chi connectivity index (χ1n) is 8.06. The van der Waals surface area contributed by atoms with Crippen molar-refractivity contribution in [3.63, 3.8) is 0 Å². The summed E-state index contributed by atoms with van der Waals surface area (Å²) in [5.74, 6) is 0.356. The standard InChI is InChI=1S/C17H15N5O4S/c1-22-14-3-2-13(8-12(14)9-16(22)23)27(24,25)19-10-15-20-21-17(26-15)11-4-6-18-7-5-11/h2-8,19H,9-10H2,1H3. The predicted molar refractivity (Wildman–Crippen MR) is 95.1 cm³/mol. The van der Waals surface area contributed by atoms with Crippen LogP contribution in [0.1, 0.15) is 11.5 Å². The number of hydrogen-bond acceptors (Lipinski definition) is 7. The molecule has 1 aliphatic heterocycles. The van der Waals surface area contributed by atoms with Gasteiger partial charge < -0.3 is 9.32 Å². The van der Waals surface area contributed by atoms with Gasteiger partial charge in [0.1, 0.15) is 0 Å². The van der Waals surface area contributed by atoms with Gasteiger partial charge in [-0.05, 0) is 35.9 Å². The molecule has 0 saturated carbocycles. The van der Waals surface area contributed by atoms with Crippen molar-refractivity contribution in [2.45, 2.75) is 17.9 Å². The largest absolute Gasteiger partial charge is 0.419 e. The van der Waals surface area contributed by atoms with E-state index in [1.165, 1.54) is 17.0 Å². The Morgan fingerprint density at radius 1 is 1.19 bits per heavy atom. The normalized spacial score (nSPS) is 13.8. The number of benzene rings is 1. The number of nitrogens with zero attached hydrogens (tertiary/aromatic N) is 4. The van der Waals surface area contributed by atoms with Crippen molar-refractivity contribution < 1.29 is 17.6 Å². The molecule has 1 aliphatic rings. The Labute approximate surface area is 155 Å². The quantitative estimate of drug-likeness (QED) is 0.699. The molecule has 1 amide bonds. The number of anilines is 1. The fraction of sp³-hybridized carbons (Fsp3) is 0.176. The van der Waals surface area contributed by atoms with Crippen molar-refractivity contribution in [3.8, 4) is 11.5 Å². The molecular weight excluding hydrogens is 370 g/mol. The van der Waals surface area contributed by atoms with Gasteiger partial charge in [0.05, 0.1) is 17.9 Å². The van der Waals surface area contributed by atoms with E-state index in [9.17, 15) is 13.2 Å². The highest BCUT2D eigenvalue weighted by molar-refractivity contribution is 7.89. The highest BCUT2D eigenvalue weighted by atomic mass is 32.2. The molecule has 3 aromatic rings. The number of nitrogens with one attached hydrogen (secondary N) is 1. The van der Waals surface area contributed by atoms with Crippen molar-refractivity contribution in [2.24, 2.45) is 0 Å². The average Bonchev–Trinajstić information content (AvgIpc) is 3.26. The number of pyridine rings is 1. The third kappa shape index (κ3) is 3.32. The second-order valence-electron chi connectivity index (χ2n) is 5.98. The topological polar surface area (TPSA) is 118 Å². The van der Waals surface area contributed by atoms with Crippen LogP contribution in [0.3, 0.4) is 0 Å². The lowest BCUT2D eigenvalue weighted by atomic mass is 10.2. The monoisotopic (exact) mass is 385 g/mol. The zero-order valence-electron chi connectivity index (χ0n) is 14.3. The molecule has 4 rings (SSSR count). The number of amides is 1. The van der Waals surface area contributed by atoms with Crippen molar-refractivity contribution in [2.75, 3.05) is 11.9 Å². The molecule has 1 aromatic carbocycles. The van der Waals surface area contributed by atoms with Gasteiger partial charge in [0, 0.05) is 30.7 Å². The van der Waals surface area contributed by atoms with Gasteiger partial charge in [-0.15, -0.1) is 10.2 Å².